The Kier molecular flexibility index (Phi) is 40.5. The highest BCUT2D eigenvalue weighted by Gasteiger charge is 2.13. The number of carbonyl (C=O) groups is 2. The van der Waals surface area contributed by atoms with Crippen LogP contribution < -0.4 is 0 Å². The van der Waals surface area contributed by atoms with E-state index in [2.05, 4.69) is 38.2 Å². The van der Waals surface area contributed by atoms with Crippen LogP contribution in [-0.2, 0) is 14.3 Å². The first-order valence-corrected chi connectivity index (χ1v) is 22.3. The largest absolute Gasteiger partial charge is 0.481 e. The van der Waals surface area contributed by atoms with Crippen LogP contribution >= 0.6 is 0 Å². The van der Waals surface area contributed by atoms with Crippen LogP contribution in [-0.4, -0.2) is 23.1 Å². The second-order valence-corrected chi connectivity index (χ2v) is 15.2. The number of esters is 1. The summed E-state index contributed by atoms with van der Waals surface area (Å²) in [5.74, 6) is -0.628. The lowest BCUT2D eigenvalue weighted by atomic mass is 10.0. The zero-order valence-electron chi connectivity index (χ0n) is 33.7. The third-order valence-electron chi connectivity index (χ3n) is 10.2. The molecule has 0 aromatic heterocycles. The van der Waals surface area contributed by atoms with Crippen LogP contribution in [0.5, 0.6) is 0 Å². The third kappa shape index (κ3) is 40.8. The molecule has 294 valence electrons. The molecule has 1 unspecified atom stereocenters. The Labute approximate surface area is 312 Å². The average molecular weight is 703 g/mol. The van der Waals surface area contributed by atoms with Crippen molar-refractivity contribution < 1.29 is 19.4 Å². The number of rotatable bonds is 41. The molecule has 0 rings (SSSR count). The van der Waals surface area contributed by atoms with Gasteiger partial charge in [0.25, 0.3) is 0 Å². The van der Waals surface area contributed by atoms with Gasteiger partial charge in [0.2, 0.25) is 0 Å². The van der Waals surface area contributed by atoms with Crippen molar-refractivity contribution in [2.24, 2.45) is 0 Å². The van der Waals surface area contributed by atoms with Gasteiger partial charge in [-0.25, -0.2) is 0 Å². The molecule has 0 aromatic rings. The van der Waals surface area contributed by atoms with Gasteiger partial charge in [-0.2, -0.15) is 0 Å². The van der Waals surface area contributed by atoms with Crippen LogP contribution in [0, 0.1) is 0 Å². The van der Waals surface area contributed by atoms with Crippen LogP contribution in [0.2, 0.25) is 0 Å². The van der Waals surface area contributed by atoms with Gasteiger partial charge in [-0.3, -0.25) is 9.59 Å². The van der Waals surface area contributed by atoms with Gasteiger partial charge in [0.15, 0.2) is 0 Å². The Balaban J connectivity index is 3.49. The average Bonchev–Trinajstić information content (AvgIpc) is 3.10. The van der Waals surface area contributed by atoms with Gasteiger partial charge in [0, 0.05) is 12.8 Å². The molecule has 0 saturated carbocycles. The highest BCUT2D eigenvalue weighted by atomic mass is 16.5. The minimum atomic E-state index is -0.661. The Morgan fingerprint density at radius 2 is 0.820 bits per heavy atom. The smallest absolute Gasteiger partial charge is 0.306 e. The molecule has 1 N–H and O–H groups in total. The summed E-state index contributed by atoms with van der Waals surface area (Å²) in [6, 6.07) is 0. The van der Waals surface area contributed by atoms with E-state index >= 15 is 0 Å². The van der Waals surface area contributed by atoms with Crippen molar-refractivity contribution in [2.75, 3.05) is 0 Å². The number of hydrogen-bond donors (Lipinski definition) is 1. The van der Waals surface area contributed by atoms with E-state index in [1.165, 1.54) is 173 Å². The summed E-state index contributed by atoms with van der Waals surface area (Å²) >= 11 is 0. The Morgan fingerprint density at radius 1 is 0.440 bits per heavy atom. The zero-order valence-corrected chi connectivity index (χ0v) is 33.7. The van der Waals surface area contributed by atoms with Crippen LogP contribution in [0.1, 0.15) is 251 Å². The van der Waals surface area contributed by atoms with Gasteiger partial charge in [0.05, 0.1) is 0 Å². The standard InChI is InChI=1S/C46H86O4/c1-3-5-6-7-8-9-10-11-12-13-14-18-21-24-27-30-33-36-39-43-46(49)50-44(40-4-2)41-37-34-31-28-25-22-19-16-15-17-20-23-26-29-32-35-38-42-45(47)48/h8-9,11-12,44H,3-7,10,13-43H2,1-2H3,(H,47,48)/b9-8-,12-11-. The molecule has 0 spiro atoms. The van der Waals surface area contributed by atoms with Crippen molar-refractivity contribution in [1.82, 2.24) is 0 Å². The Morgan fingerprint density at radius 3 is 1.24 bits per heavy atom. The van der Waals surface area contributed by atoms with Crippen molar-refractivity contribution >= 4 is 11.9 Å². The predicted molar refractivity (Wildman–Crippen MR) is 218 cm³/mol. The number of unbranched alkanes of at least 4 members (excludes halogenated alkanes) is 28. The summed E-state index contributed by atoms with van der Waals surface area (Å²) in [5, 5.41) is 8.67. The van der Waals surface area contributed by atoms with E-state index in [-0.39, 0.29) is 12.1 Å². The Hall–Kier alpha value is -1.58. The van der Waals surface area contributed by atoms with Crippen molar-refractivity contribution in [3.8, 4) is 0 Å². The van der Waals surface area contributed by atoms with E-state index in [1.54, 1.807) is 0 Å². The summed E-state index contributed by atoms with van der Waals surface area (Å²) in [7, 11) is 0. The van der Waals surface area contributed by atoms with Crippen molar-refractivity contribution in [2.45, 2.75) is 258 Å². The lowest BCUT2D eigenvalue weighted by molar-refractivity contribution is -0.150. The van der Waals surface area contributed by atoms with E-state index in [0.29, 0.717) is 12.8 Å². The number of aliphatic carboxylic acids is 1. The number of hydrogen-bond acceptors (Lipinski definition) is 3. The molecule has 50 heavy (non-hydrogen) atoms. The van der Waals surface area contributed by atoms with Crippen LogP contribution in [0.4, 0.5) is 0 Å². The molecule has 0 fully saturated rings. The highest BCUT2D eigenvalue weighted by molar-refractivity contribution is 5.69. The first kappa shape index (κ1) is 48.4. The lowest BCUT2D eigenvalue weighted by Gasteiger charge is -2.17. The van der Waals surface area contributed by atoms with E-state index in [9.17, 15) is 9.59 Å². The van der Waals surface area contributed by atoms with Gasteiger partial charge in [-0.1, -0.05) is 199 Å². The highest BCUT2D eigenvalue weighted by Crippen LogP contribution is 2.18. The molecule has 0 bridgehead atoms. The topological polar surface area (TPSA) is 63.6 Å². The molecule has 0 aliphatic rings. The molecule has 4 nitrogen and oxygen atoms in total. The molecule has 0 aromatic carbocycles. The fraction of sp³-hybridized carbons (Fsp3) is 0.870. The van der Waals surface area contributed by atoms with Gasteiger partial charge < -0.3 is 9.84 Å². The molecule has 0 radical (unpaired) electrons. The van der Waals surface area contributed by atoms with Crippen molar-refractivity contribution in [3.05, 3.63) is 24.3 Å². The predicted octanol–water partition coefficient (Wildman–Crippen LogP) is 15.6. The molecule has 1 atom stereocenters. The molecule has 0 amide bonds. The van der Waals surface area contributed by atoms with Gasteiger partial charge in [-0.05, 0) is 64.2 Å². The zero-order chi connectivity index (χ0) is 36.4. The first-order chi connectivity index (χ1) is 24.6. The molecule has 0 aliphatic carbocycles. The summed E-state index contributed by atoms with van der Waals surface area (Å²) in [6.07, 6.45) is 54.3. The number of ether oxygens (including phenoxy) is 1. The van der Waals surface area contributed by atoms with Crippen LogP contribution in [0.3, 0.4) is 0 Å². The quantitative estimate of drug-likeness (QED) is 0.0391. The first-order valence-electron chi connectivity index (χ1n) is 22.3. The molecular weight excluding hydrogens is 617 g/mol. The maximum absolute atomic E-state index is 12.5. The molecule has 0 heterocycles. The van der Waals surface area contributed by atoms with Gasteiger partial charge in [-0.15, -0.1) is 0 Å². The summed E-state index contributed by atoms with van der Waals surface area (Å²) < 4.78 is 5.90. The second kappa shape index (κ2) is 41.8. The molecule has 4 heteroatoms. The maximum atomic E-state index is 12.5. The fourth-order valence-corrected chi connectivity index (χ4v) is 6.92. The number of allylic oxidation sites excluding steroid dienone is 4. The molecule has 0 aliphatic heterocycles. The van der Waals surface area contributed by atoms with E-state index < -0.39 is 5.97 Å². The fourth-order valence-electron chi connectivity index (χ4n) is 6.92. The van der Waals surface area contributed by atoms with E-state index in [0.717, 1.165) is 51.4 Å². The van der Waals surface area contributed by atoms with Crippen LogP contribution in [0.15, 0.2) is 24.3 Å². The number of carbonyl (C=O) groups excluding carboxylic acids is 1. The summed E-state index contributed by atoms with van der Waals surface area (Å²) in [4.78, 5) is 23.0. The van der Waals surface area contributed by atoms with E-state index in [4.69, 9.17) is 9.84 Å². The van der Waals surface area contributed by atoms with Gasteiger partial charge in [0.1, 0.15) is 6.10 Å². The SMILES string of the molecule is CCCCC/C=C\C/C=C\CCCCCCCCCCCC(=O)OC(CCC)CCCCCCCCCCCCCCCCCCCC(=O)O. The van der Waals surface area contributed by atoms with Crippen molar-refractivity contribution in [1.29, 1.82) is 0 Å². The molecular formula is C46H86O4. The number of carboxylic acid groups (broad SMARTS) is 1. The van der Waals surface area contributed by atoms with Gasteiger partial charge >= 0.3 is 11.9 Å². The summed E-state index contributed by atoms with van der Waals surface area (Å²) in [6.45, 7) is 4.46. The monoisotopic (exact) mass is 703 g/mol. The van der Waals surface area contributed by atoms with E-state index in [1.807, 2.05) is 0 Å². The number of carboxylic acids is 1. The maximum Gasteiger partial charge on any atom is 0.306 e. The van der Waals surface area contributed by atoms with Crippen LogP contribution in [0.25, 0.3) is 0 Å². The normalized spacial score (nSPS) is 12.4. The van der Waals surface area contributed by atoms with Crippen molar-refractivity contribution in [3.63, 3.8) is 0 Å². The third-order valence-corrected chi connectivity index (χ3v) is 10.2. The minimum absolute atomic E-state index is 0.0328. The second-order valence-electron chi connectivity index (χ2n) is 15.2. The Bertz CT molecular complexity index is 757. The summed E-state index contributed by atoms with van der Waals surface area (Å²) in [5.41, 5.74) is 0. The molecule has 0 saturated heterocycles. The minimum Gasteiger partial charge on any atom is -0.481 e. The lowest BCUT2D eigenvalue weighted by Crippen LogP contribution is -2.18.